The van der Waals surface area contributed by atoms with Crippen LogP contribution in [-0.2, 0) is 6.61 Å². The SMILES string of the molecule is COc1ncccc1COc1ccc(Cl)cc1C(N)=O. The smallest absolute Gasteiger partial charge is 0.252 e. The second-order valence-corrected chi connectivity index (χ2v) is 4.40. The van der Waals surface area contributed by atoms with E-state index in [9.17, 15) is 4.79 Å². The number of methoxy groups -OCH3 is 1. The summed E-state index contributed by atoms with van der Waals surface area (Å²) in [7, 11) is 1.53. The van der Waals surface area contributed by atoms with Crippen LogP contribution in [0.4, 0.5) is 0 Å². The summed E-state index contributed by atoms with van der Waals surface area (Å²) < 4.78 is 10.7. The van der Waals surface area contributed by atoms with Gasteiger partial charge in [-0.15, -0.1) is 0 Å². The van der Waals surface area contributed by atoms with Gasteiger partial charge in [-0.25, -0.2) is 4.98 Å². The number of aromatic nitrogens is 1. The lowest BCUT2D eigenvalue weighted by Crippen LogP contribution is -2.13. The summed E-state index contributed by atoms with van der Waals surface area (Å²) in [5.41, 5.74) is 6.29. The molecule has 1 heterocycles. The molecule has 2 N–H and O–H groups in total. The molecule has 0 radical (unpaired) electrons. The van der Waals surface area contributed by atoms with Crippen molar-refractivity contribution < 1.29 is 14.3 Å². The van der Waals surface area contributed by atoms with E-state index in [0.717, 1.165) is 5.56 Å². The molecule has 20 heavy (non-hydrogen) atoms. The molecule has 104 valence electrons. The van der Waals surface area contributed by atoms with Crippen molar-refractivity contribution in [1.82, 2.24) is 4.98 Å². The van der Waals surface area contributed by atoms with Crippen LogP contribution in [0.3, 0.4) is 0 Å². The number of nitrogens with two attached hydrogens (primary N) is 1. The average Bonchev–Trinajstić information content (AvgIpc) is 2.46. The minimum atomic E-state index is -0.597. The molecule has 2 rings (SSSR count). The van der Waals surface area contributed by atoms with Gasteiger partial charge < -0.3 is 15.2 Å². The van der Waals surface area contributed by atoms with Gasteiger partial charge in [-0.1, -0.05) is 11.6 Å². The third kappa shape index (κ3) is 3.19. The van der Waals surface area contributed by atoms with Crippen molar-refractivity contribution >= 4 is 17.5 Å². The van der Waals surface area contributed by atoms with Gasteiger partial charge in [0.2, 0.25) is 5.88 Å². The number of primary amides is 1. The van der Waals surface area contributed by atoms with Crippen LogP contribution in [0.25, 0.3) is 0 Å². The van der Waals surface area contributed by atoms with E-state index in [4.69, 9.17) is 26.8 Å². The zero-order valence-electron chi connectivity index (χ0n) is 10.8. The number of amides is 1. The van der Waals surface area contributed by atoms with E-state index >= 15 is 0 Å². The van der Waals surface area contributed by atoms with E-state index in [0.29, 0.717) is 16.7 Å². The van der Waals surface area contributed by atoms with Gasteiger partial charge in [-0.2, -0.15) is 0 Å². The van der Waals surface area contributed by atoms with Crippen molar-refractivity contribution in [2.45, 2.75) is 6.61 Å². The van der Waals surface area contributed by atoms with Gasteiger partial charge in [0.1, 0.15) is 12.4 Å². The molecule has 5 nitrogen and oxygen atoms in total. The van der Waals surface area contributed by atoms with Crippen molar-refractivity contribution in [2.75, 3.05) is 7.11 Å². The Morgan fingerprint density at radius 2 is 2.20 bits per heavy atom. The monoisotopic (exact) mass is 292 g/mol. The number of hydrogen-bond acceptors (Lipinski definition) is 4. The molecule has 1 amide bonds. The second kappa shape index (κ2) is 6.25. The van der Waals surface area contributed by atoms with Crippen LogP contribution < -0.4 is 15.2 Å². The number of benzene rings is 1. The van der Waals surface area contributed by atoms with Gasteiger partial charge in [-0.05, 0) is 30.3 Å². The summed E-state index contributed by atoms with van der Waals surface area (Å²) in [5, 5.41) is 0.421. The Morgan fingerprint density at radius 3 is 2.90 bits per heavy atom. The second-order valence-electron chi connectivity index (χ2n) is 3.97. The first-order chi connectivity index (χ1) is 9.61. The number of halogens is 1. The Kier molecular flexibility index (Phi) is 4.42. The summed E-state index contributed by atoms with van der Waals surface area (Å²) in [6.07, 6.45) is 1.62. The van der Waals surface area contributed by atoms with Crippen LogP contribution in [0.1, 0.15) is 15.9 Å². The third-order valence-corrected chi connectivity index (χ3v) is 2.87. The number of carbonyl (C=O) groups is 1. The Hall–Kier alpha value is -2.27. The maximum absolute atomic E-state index is 11.4. The summed E-state index contributed by atoms with van der Waals surface area (Å²) in [6, 6.07) is 8.30. The topological polar surface area (TPSA) is 74.4 Å². The van der Waals surface area contributed by atoms with Crippen LogP contribution in [0.5, 0.6) is 11.6 Å². The van der Waals surface area contributed by atoms with E-state index in [1.165, 1.54) is 13.2 Å². The quantitative estimate of drug-likeness (QED) is 0.918. The average molecular weight is 293 g/mol. The molecular formula is C14H13ClN2O3. The van der Waals surface area contributed by atoms with E-state index < -0.39 is 5.91 Å². The van der Waals surface area contributed by atoms with Gasteiger partial charge in [-0.3, -0.25) is 4.79 Å². The Balaban J connectivity index is 2.21. The molecule has 0 aliphatic carbocycles. The number of carbonyl (C=O) groups excluding carboxylic acids is 1. The van der Waals surface area contributed by atoms with Gasteiger partial charge in [0.25, 0.3) is 5.91 Å². The highest BCUT2D eigenvalue weighted by molar-refractivity contribution is 6.31. The fourth-order valence-corrected chi connectivity index (χ4v) is 1.87. The number of nitrogens with zero attached hydrogens (tertiary/aromatic N) is 1. The van der Waals surface area contributed by atoms with Gasteiger partial charge in [0.15, 0.2) is 0 Å². The molecule has 2 aromatic rings. The minimum absolute atomic E-state index is 0.207. The molecule has 0 fully saturated rings. The van der Waals surface area contributed by atoms with Crippen LogP contribution in [-0.4, -0.2) is 18.0 Å². The Bertz CT molecular complexity index is 632. The maximum atomic E-state index is 11.4. The first kappa shape index (κ1) is 14.1. The van der Waals surface area contributed by atoms with Gasteiger partial charge >= 0.3 is 0 Å². The number of hydrogen-bond donors (Lipinski definition) is 1. The van der Waals surface area contributed by atoms with Crippen molar-refractivity contribution in [3.05, 3.63) is 52.7 Å². The molecule has 6 heteroatoms. The zero-order valence-corrected chi connectivity index (χ0v) is 11.6. The molecular weight excluding hydrogens is 280 g/mol. The van der Waals surface area contributed by atoms with Crippen LogP contribution in [0, 0.1) is 0 Å². The van der Waals surface area contributed by atoms with Crippen molar-refractivity contribution in [2.24, 2.45) is 5.73 Å². The highest BCUT2D eigenvalue weighted by Gasteiger charge is 2.11. The normalized spacial score (nSPS) is 10.1. The summed E-state index contributed by atoms with van der Waals surface area (Å²) >= 11 is 5.83. The lowest BCUT2D eigenvalue weighted by Gasteiger charge is -2.11. The van der Waals surface area contributed by atoms with Crippen LogP contribution in [0.15, 0.2) is 36.5 Å². The number of rotatable bonds is 5. The molecule has 0 saturated heterocycles. The fourth-order valence-electron chi connectivity index (χ4n) is 1.69. The van der Waals surface area contributed by atoms with Crippen LogP contribution >= 0.6 is 11.6 Å². The number of ether oxygens (including phenoxy) is 2. The minimum Gasteiger partial charge on any atom is -0.488 e. The predicted molar refractivity (Wildman–Crippen MR) is 75.1 cm³/mol. The molecule has 0 spiro atoms. The third-order valence-electron chi connectivity index (χ3n) is 2.63. The van der Waals surface area contributed by atoms with Gasteiger partial charge in [0.05, 0.1) is 18.2 Å². The van der Waals surface area contributed by atoms with E-state index in [-0.39, 0.29) is 12.2 Å². The molecule has 0 aliphatic heterocycles. The Labute approximate surface area is 121 Å². The molecule has 0 atom stereocenters. The molecule has 0 saturated carbocycles. The highest BCUT2D eigenvalue weighted by Crippen LogP contribution is 2.24. The van der Waals surface area contributed by atoms with Crippen molar-refractivity contribution in [1.29, 1.82) is 0 Å². The largest absolute Gasteiger partial charge is 0.488 e. The highest BCUT2D eigenvalue weighted by atomic mass is 35.5. The van der Waals surface area contributed by atoms with E-state index in [1.807, 2.05) is 6.07 Å². The molecule has 1 aromatic carbocycles. The predicted octanol–water partition coefficient (Wildman–Crippen LogP) is 2.42. The first-order valence-corrected chi connectivity index (χ1v) is 6.19. The maximum Gasteiger partial charge on any atom is 0.252 e. The summed E-state index contributed by atoms with van der Waals surface area (Å²) in [5.74, 6) is 0.246. The van der Waals surface area contributed by atoms with Gasteiger partial charge in [0, 0.05) is 11.2 Å². The summed E-state index contributed by atoms with van der Waals surface area (Å²) in [6.45, 7) is 0.207. The summed E-state index contributed by atoms with van der Waals surface area (Å²) in [4.78, 5) is 15.4. The zero-order chi connectivity index (χ0) is 14.5. The van der Waals surface area contributed by atoms with E-state index in [1.54, 1.807) is 24.4 Å². The first-order valence-electron chi connectivity index (χ1n) is 5.82. The molecule has 0 unspecified atom stereocenters. The molecule has 1 aromatic heterocycles. The lowest BCUT2D eigenvalue weighted by molar-refractivity contribution is 0.0996. The van der Waals surface area contributed by atoms with Crippen molar-refractivity contribution in [3.8, 4) is 11.6 Å². The standard InChI is InChI=1S/C14H13ClN2O3/c1-19-14-9(3-2-6-17-14)8-20-12-5-4-10(15)7-11(12)13(16)18/h2-7H,8H2,1H3,(H2,16,18). The lowest BCUT2D eigenvalue weighted by atomic mass is 10.2. The molecule has 0 aliphatic rings. The fraction of sp³-hybridized carbons (Fsp3) is 0.143. The Morgan fingerprint density at radius 1 is 1.40 bits per heavy atom. The number of pyridine rings is 1. The molecule has 0 bridgehead atoms. The van der Waals surface area contributed by atoms with E-state index in [2.05, 4.69) is 4.98 Å². The van der Waals surface area contributed by atoms with Crippen molar-refractivity contribution in [3.63, 3.8) is 0 Å². The van der Waals surface area contributed by atoms with Crippen LogP contribution in [0.2, 0.25) is 5.02 Å².